The van der Waals surface area contributed by atoms with Gasteiger partial charge in [-0.05, 0) is 74.2 Å². The van der Waals surface area contributed by atoms with Crippen molar-refractivity contribution in [1.29, 1.82) is 0 Å². The predicted octanol–water partition coefficient (Wildman–Crippen LogP) is 4.59. The van der Waals surface area contributed by atoms with E-state index in [-0.39, 0.29) is 17.6 Å². The number of halogens is 1. The van der Waals surface area contributed by atoms with Gasteiger partial charge in [-0.2, -0.15) is 5.10 Å². The summed E-state index contributed by atoms with van der Waals surface area (Å²) in [7, 11) is 2.18. The van der Waals surface area contributed by atoms with Gasteiger partial charge in [0, 0.05) is 66.7 Å². The van der Waals surface area contributed by atoms with Crippen molar-refractivity contribution in [3.05, 3.63) is 58.4 Å². The number of rotatable bonds is 5. The summed E-state index contributed by atoms with van der Waals surface area (Å²) in [5, 5.41) is 15.2. The van der Waals surface area contributed by atoms with Crippen LogP contribution < -0.4 is 21.6 Å². The van der Waals surface area contributed by atoms with E-state index < -0.39 is 0 Å². The Morgan fingerprint density at radius 3 is 2.74 bits per heavy atom. The number of hydrogen-bond donors (Lipinski definition) is 3. The summed E-state index contributed by atoms with van der Waals surface area (Å²) in [4.78, 5) is 18.8. The Kier molecular flexibility index (Phi) is 9.35. The van der Waals surface area contributed by atoms with Crippen LogP contribution in [0, 0.1) is 17.8 Å². The van der Waals surface area contributed by atoms with E-state index in [1.165, 1.54) is 0 Å². The number of nitrogens with one attached hydrogen (secondary N) is 3. The minimum absolute atomic E-state index is 0.0142. The maximum absolute atomic E-state index is 13.9. The molecule has 3 fully saturated rings. The highest BCUT2D eigenvalue weighted by atomic mass is 35.5. The normalized spacial score (nSPS) is 28.8. The molecule has 4 unspecified atom stereocenters. The number of benzene rings is 1. The van der Waals surface area contributed by atoms with Crippen LogP contribution in [0.3, 0.4) is 0 Å². The molecule has 5 heterocycles. The van der Waals surface area contributed by atoms with E-state index >= 15 is 0 Å². The van der Waals surface area contributed by atoms with Gasteiger partial charge in [0.15, 0.2) is 0 Å². The van der Waals surface area contributed by atoms with Gasteiger partial charge in [-0.25, -0.2) is 9.99 Å². The molecule has 0 radical (unpaired) electrons. The van der Waals surface area contributed by atoms with Crippen LogP contribution in [-0.4, -0.2) is 69.1 Å². The first-order valence-corrected chi connectivity index (χ1v) is 16.5. The summed E-state index contributed by atoms with van der Waals surface area (Å²) in [6, 6.07) is 8.66. The number of hydrazine groups is 1. The largest absolute Gasteiger partial charge is 0.312 e. The SMILES string of the molecule is CC(C)Cn1cc(-c2ccc(Cl)cc2-c2cc(=O)n([C@H]3CCC[C@@H](C)CNC4CNN(C)C4C4CCNC3C4)cn2)cn1. The Labute approximate surface area is 260 Å². The first-order valence-electron chi connectivity index (χ1n) is 16.1. The fourth-order valence-corrected chi connectivity index (χ4v) is 7.76. The molecule has 10 heteroatoms. The maximum atomic E-state index is 13.9. The first kappa shape index (κ1) is 30.5. The highest BCUT2D eigenvalue weighted by Crippen LogP contribution is 2.35. The molecule has 0 amide bonds. The number of likely N-dealkylation sites (N-methyl/N-ethyl adjacent to an activating group) is 1. The molecule has 232 valence electrons. The van der Waals surface area contributed by atoms with Crippen LogP contribution in [0.1, 0.15) is 58.9 Å². The second-order valence-corrected chi connectivity index (χ2v) is 13.9. The number of fused-ring (bicyclic) bond motifs is 4. The third kappa shape index (κ3) is 6.76. The van der Waals surface area contributed by atoms with Crippen molar-refractivity contribution in [2.24, 2.45) is 17.8 Å². The van der Waals surface area contributed by atoms with E-state index in [1.807, 2.05) is 33.6 Å². The van der Waals surface area contributed by atoms with Gasteiger partial charge in [0.1, 0.15) is 0 Å². The summed E-state index contributed by atoms with van der Waals surface area (Å²) < 4.78 is 3.87. The molecule has 3 N–H and O–H groups in total. The smallest absolute Gasteiger partial charge is 0.254 e. The van der Waals surface area contributed by atoms with Gasteiger partial charge < -0.3 is 10.6 Å². The molecule has 3 aliphatic heterocycles. The highest BCUT2D eigenvalue weighted by molar-refractivity contribution is 6.31. The second kappa shape index (κ2) is 13.2. The molecule has 43 heavy (non-hydrogen) atoms. The van der Waals surface area contributed by atoms with E-state index in [1.54, 1.807) is 12.4 Å². The van der Waals surface area contributed by atoms with E-state index in [9.17, 15) is 4.79 Å². The lowest BCUT2D eigenvalue weighted by Gasteiger charge is -2.42. The van der Waals surface area contributed by atoms with Crippen LogP contribution in [0.2, 0.25) is 5.02 Å². The van der Waals surface area contributed by atoms with E-state index in [2.05, 4.69) is 60.2 Å². The van der Waals surface area contributed by atoms with Gasteiger partial charge in [-0.15, -0.1) is 0 Å². The molecular weight excluding hydrogens is 560 g/mol. The maximum Gasteiger partial charge on any atom is 0.254 e. The van der Waals surface area contributed by atoms with Crippen LogP contribution in [0.5, 0.6) is 0 Å². The zero-order chi connectivity index (χ0) is 30.1. The number of piperidine rings is 1. The van der Waals surface area contributed by atoms with Gasteiger partial charge in [0.2, 0.25) is 0 Å². The number of aromatic nitrogens is 4. The van der Waals surface area contributed by atoms with E-state index in [0.717, 1.165) is 75.0 Å². The Bertz CT molecular complexity index is 1450. The third-order valence-electron chi connectivity index (χ3n) is 9.72. The Hall–Kier alpha value is -2.56. The number of nitrogens with zero attached hydrogens (tertiary/aromatic N) is 5. The Balaban J connectivity index is 1.31. The van der Waals surface area contributed by atoms with Crippen LogP contribution in [0.25, 0.3) is 22.4 Å². The minimum atomic E-state index is -0.0142. The molecule has 0 aliphatic carbocycles. The van der Waals surface area contributed by atoms with Crippen molar-refractivity contribution in [1.82, 2.24) is 40.4 Å². The lowest BCUT2D eigenvalue weighted by molar-refractivity contribution is 0.108. The van der Waals surface area contributed by atoms with Gasteiger partial charge in [0.25, 0.3) is 5.56 Å². The minimum Gasteiger partial charge on any atom is -0.312 e. The molecule has 0 saturated carbocycles. The lowest BCUT2D eigenvalue weighted by Crippen LogP contribution is -2.54. The molecule has 6 rings (SSSR count). The molecule has 2 aromatic heterocycles. The molecule has 0 spiro atoms. The second-order valence-electron chi connectivity index (χ2n) is 13.5. The standard InChI is InChI=1S/C33H47ClN8O/c1-21(2)18-41-19-24(16-39-41)26-9-8-25(34)13-27(26)28-14-32(43)42(20-37-28)31-7-5-6-22(3)15-36-30-17-38-40(4)33(30)23-10-11-35-29(31)12-23/h8-9,13-14,16,19-23,29-31,33,35-36,38H,5-7,10-12,15,17-18H2,1-4H3/t22-,23?,29?,30?,31+,33?/m1/s1. The van der Waals surface area contributed by atoms with Crippen molar-refractivity contribution in [2.45, 2.75) is 83.6 Å². The van der Waals surface area contributed by atoms with E-state index in [0.29, 0.717) is 40.6 Å². The Morgan fingerprint density at radius 2 is 1.93 bits per heavy atom. The molecule has 6 atom stereocenters. The molecule has 9 nitrogen and oxygen atoms in total. The average Bonchev–Trinajstić information content (AvgIpc) is 3.59. The molecule has 3 saturated heterocycles. The van der Waals surface area contributed by atoms with Crippen LogP contribution >= 0.6 is 11.6 Å². The van der Waals surface area contributed by atoms with Gasteiger partial charge >= 0.3 is 0 Å². The molecule has 1 aromatic carbocycles. The van der Waals surface area contributed by atoms with Gasteiger partial charge in [0.05, 0.1) is 24.3 Å². The summed E-state index contributed by atoms with van der Waals surface area (Å²) in [5.74, 6) is 1.63. The van der Waals surface area contributed by atoms with Crippen LogP contribution in [-0.2, 0) is 6.54 Å². The van der Waals surface area contributed by atoms with E-state index in [4.69, 9.17) is 16.6 Å². The zero-order valence-corrected chi connectivity index (χ0v) is 26.7. The molecular formula is C33H47ClN8O. The summed E-state index contributed by atoms with van der Waals surface area (Å²) >= 11 is 6.47. The molecule has 2 bridgehead atoms. The lowest BCUT2D eigenvalue weighted by atomic mass is 9.80. The Morgan fingerprint density at radius 1 is 1.07 bits per heavy atom. The average molecular weight is 607 g/mol. The molecule has 3 aromatic rings. The predicted molar refractivity (Wildman–Crippen MR) is 173 cm³/mol. The molecule has 3 aliphatic rings. The zero-order valence-electron chi connectivity index (χ0n) is 26.0. The fourth-order valence-electron chi connectivity index (χ4n) is 7.59. The van der Waals surface area contributed by atoms with Crippen molar-refractivity contribution in [2.75, 3.05) is 26.7 Å². The monoisotopic (exact) mass is 606 g/mol. The van der Waals surface area contributed by atoms with Gasteiger partial charge in [-0.3, -0.25) is 19.5 Å². The summed E-state index contributed by atoms with van der Waals surface area (Å²) in [6.45, 7) is 10.5. The van der Waals surface area contributed by atoms with Crippen LogP contribution in [0.15, 0.2) is 47.8 Å². The van der Waals surface area contributed by atoms with Crippen molar-refractivity contribution >= 4 is 11.6 Å². The van der Waals surface area contributed by atoms with Gasteiger partial charge in [-0.1, -0.05) is 44.9 Å². The first-order chi connectivity index (χ1) is 20.8. The van der Waals surface area contributed by atoms with Crippen molar-refractivity contribution in [3.8, 4) is 22.4 Å². The summed E-state index contributed by atoms with van der Waals surface area (Å²) in [5.41, 5.74) is 7.01. The van der Waals surface area contributed by atoms with Crippen molar-refractivity contribution < 1.29 is 0 Å². The van der Waals surface area contributed by atoms with Crippen LogP contribution in [0.4, 0.5) is 0 Å². The van der Waals surface area contributed by atoms with Crippen molar-refractivity contribution in [3.63, 3.8) is 0 Å². The fraction of sp³-hybridized carbons (Fsp3) is 0.606. The number of hydrogen-bond acceptors (Lipinski definition) is 7. The highest BCUT2D eigenvalue weighted by Gasteiger charge is 2.41. The third-order valence-corrected chi connectivity index (χ3v) is 9.95. The topological polar surface area (TPSA) is 92.0 Å². The quantitative estimate of drug-likeness (QED) is 0.391. The summed E-state index contributed by atoms with van der Waals surface area (Å²) in [6.07, 6.45) is 11.1.